The van der Waals surface area contributed by atoms with Gasteiger partial charge >= 0.3 is 0 Å². The predicted octanol–water partition coefficient (Wildman–Crippen LogP) is 2.67. The lowest BCUT2D eigenvalue weighted by molar-refractivity contribution is 0.0736. The molecule has 2 rings (SSSR count). The lowest BCUT2D eigenvalue weighted by atomic mass is 10.2. The van der Waals surface area contributed by atoms with Gasteiger partial charge in [0.2, 0.25) is 0 Å². The molecule has 20 heavy (non-hydrogen) atoms. The van der Waals surface area contributed by atoms with Crippen LogP contribution in [0.1, 0.15) is 29.4 Å². The van der Waals surface area contributed by atoms with E-state index in [9.17, 15) is 9.18 Å². The number of amides is 1. The van der Waals surface area contributed by atoms with Crippen molar-refractivity contribution >= 4 is 5.91 Å². The fourth-order valence-electron chi connectivity index (χ4n) is 1.90. The number of aromatic nitrogens is 2. The molecule has 2 aromatic rings. The van der Waals surface area contributed by atoms with Gasteiger partial charge in [0, 0.05) is 25.5 Å². The summed E-state index contributed by atoms with van der Waals surface area (Å²) in [6, 6.07) is 6.16. The molecule has 0 bridgehead atoms. The van der Waals surface area contributed by atoms with Crippen molar-refractivity contribution in [2.24, 2.45) is 0 Å². The molecule has 0 spiro atoms. The highest BCUT2D eigenvalue weighted by Crippen LogP contribution is 2.10. The second kappa shape index (κ2) is 6.75. The van der Waals surface area contributed by atoms with Gasteiger partial charge in [-0.2, -0.15) is 0 Å². The van der Waals surface area contributed by atoms with Gasteiger partial charge in [0.1, 0.15) is 11.5 Å². The van der Waals surface area contributed by atoms with Crippen LogP contribution in [0.2, 0.25) is 0 Å². The molecule has 0 aliphatic rings. The topological polar surface area (TPSA) is 46.1 Å². The van der Waals surface area contributed by atoms with Crippen LogP contribution in [0.25, 0.3) is 0 Å². The van der Waals surface area contributed by atoms with E-state index < -0.39 is 0 Å². The van der Waals surface area contributed by atoms with Crippen molar-refractivity contribution in [2.75, 3.05) is 6.54 Å². The molecule has 0 radical (unpaired) electrons. The van der Waals surface area contributed by atoms with Crippen LogP contribution in [0.4, 0.5) is 4.39 Å². The Bertz CT molecular complexity index is 557. The monoisotopic (exact) mass is 273 g/mol. The molecular formula is C15H16FN3O. The van der Waals surface area contributed by atoms with E-state index >= 15 is 0 Å². The standard InChI is InChI=1S/C15H16FN3O/c1-2-9-19(11-12-3-5-13(16)6-4-12)15(20)14-10-17-7-8-18-14/h3-8,10H,2,9,11H2,1H3. The van der Waals surface area contributed by atoms with Crippen molar-refractivity contribution < 1.29 is 9.18 Å². The lowest BCUT2D eigenvalue weighted by Gasteiger charge is -2.21. The maximum absolute atomic E-state index is 12.9. The van der Waals surface area contributed by atoms with Crippen LogP contribution in [-0.4, -0.2) is 27.3 Å². The highest BCUT2D eigenvalue weighted by molar-refractivity contribution is 5.91. The third-order valence-electron chi connectivity index (χ3n) is 2.85. The second-order valence-electron chi connectivity index (χ2n) is 4.44. The lowest BCUT2D eigenvalue weighted by Crippen LogP contribution is -2.32. The summed E-state index contributed by atoms with van der Waals surface area (Å²) in [7, 11) is 0. The Morgan fingerprint density at radius 1 is 1.25 bits per heavy atom. The maximum Gasteiger partial charge on any atom is 0.274 e. The first kappa shape index (κ1) is 14.1. The average molecular weight is 273 g/mol. The zero-order valence-corrected chi connectivity index (χ0v) is 11.3. The number of halogens is 1. The normalized spacial score (nSPS) is 10.3. The van der Waals surface area contributed by atoms with Crippen molar-refractivity contribution in [2.45, 2.75) is 19.9 Å². The van der Waals surface area contributed by atoms with Crippen molar-refractivity contribution in [3.05, 3.63) is 59.9 Å². The summed E-state index contributed by atoms with van der Waals surface area (Å²) < 4.78 is 12.9. The molecular weight excluding hydrogens is 257 g/mol. The van der Waals surface area contributed by atoms with Gasteiger partial charge in [-0.25, -0.2) is 9.37 Å². The first-order chi connectivity index (χ1) is 9.70. The Balaban J connectivity index is 2.14. The summed E-state index contributed by atoms with van der Waals surface area (Å²) in [5, 5.41) is 0. The van der Waals surface area contributed by atoms with Crippen LogP contribution in [0, 0.1) is 5.82 Å². The molecule has 5 heteroatoms. The fraction of sp³-hybridized carbons (Fsp3) is 0.267. The van der Waals surface area contributed by atoms with Gasteiger partial charge in [-0.1, -0.05) is 19.1 Å². The molecule has 0 atom stereocenters. The molecule has 0 saturated carbocycles. The predicted molar refractivity (Wildman–Crippen MR) is 73.5 cm³/mol. The first-order valence-corrected chi connectivity index (χ1v) is 6.50. The van der Waals surface area contributed by atoms with E-state index in [1.165, 1.54) is 30.7 Å². The molecule has 1 heterocycles. The molecule has 4 nitrogen and oxygen atoms in total. The zero-order valence-electron chi connectivity index (χ0n) is 11.3. The molecule has 0 saturated heterocycles. The Morgan fingerprint density at radius 3 is 2.60 bits per heavy atom. The van der Waals surface area contributed by atoms with E-state index in [2.05, 4.69) is 9.97 Å². The van der Waals surface area contributed by atoms with Crippen LogP contribution in [0.3, 0.4) is 0 Å². The molecule has 1 aromatic carbocycles. The summed E-state index contributed by atoms with van der Waals surface area (Å²) in [5.41, 5.74) is 1.21. The van der Waals surface area contributed by atoms with Gasteiger partial charge in [-0.15, -0.1) is 0 Å². The SMILES string of the molecule is CCCN(Cc1ccc(F)cc1)C(=O)c1cnccn1. The van der Waals surface area contributed by atoms with Crippen LogP contribution in [0.5, 0.6) is 0 Å². The van der Waals surface area contributed by atoms with Crippen LogP contribution < -0.4 is 0 Å². The van der Waals surface area contributed by atoms with E-state index in [4.69, 9.17) is 0 Å². The number of benzene rings is 1. The Kier molecular flexibility index (Phi) is 4.76. The van der Waals surface area contributed by atoms with Crippen LogP contribution in [-0.2, 0) is 6.54 Å². The number of carbonyl (C=O) groups excluding carboxylic acids is 1. The first-order valence-electron chi connectivity index (χ1n) is 6.50. The molecule has 0 N–H and O–H groups in total. The Hall–Kier alpha value is -2.30. The summed E-state index contributed by atoms with van der Waals surface area (Å²) in [6.07, 6.45) is 5.32. The molecule has 0 aliphatic heterocycles. The van der Waals surface area contributed by atoms with Gasteiger partial charge < -0.3 is 4.90 Å². The fourth-order valence-corrected chi connectivity index (χ4v) is 1.90. The quantitative estimate of drug-likeness (QED) is 0.841. The molecule has 0 fully saturated rings. The second-order valence-corrected chi connectivity index (χ2v) is 4.44. The zero-order chi connectivity index (χ0) is 14.4. The third kappa shape index (κ3) is 3.60. The van der Waals surface area contributed by atoms with Gasteiger partial charge in [0.15, 0.2) is 0 Å². The van der Waals surface area contributed by atoms with E-state index in [0.29, 0.717) is 18.8 Å². The van der Waals surface area contributed by atoms with Crippen LogP contribution in [0.15, 0.2) is 42.9 Å². The Labute approximate surface area is 117 Å². The molecule has 1 amide bonds. The minimum Gasteiger partial charge on any atom is -0.333 e. The molecule has 104 valence electrons. The molecule has 1 aromatic heterocycles. The number of rotatable bonds is 5. The van der Waals surface area contributed by atoms with Gasteiger partial charge in [0.25, 0.3) is 5.91 Å². The van der Waals surface area contributed by atoms with Gasteiger partial charge in [-0.3, -0.25) is 9.78 Å². The van der Waals surface area contributed by atoms with E-state index in [1.807, 2.05) is 6.92 Å². The minimum absolute atomic E-state index is 0.163. The summed E-state index contributed by atoms with van der Waals surface area (Å²) in [5.74, 6) is -0.444. The third-order valence-corrected chi connectivity index (χ3v) is 2.85. The highest BCUT2D eigenvalue weighted by Gasteiger charge is 2.16. The smallest absolute Gasteiger partial charge is 0.274 e. The van der Waals surface area contributed by atoms with Crippen molar-refractivity contribution in [3.8, 4) is 0 Å². The number of carbonyl (C=O) groups is 1. The van der Waals surface area contributed by atoms with Crippen molar-refractivity contribution in [1.29, 1.82) is 0 Å². The van der Waals surface area contributed by atoms with Crippen molar-refractivity contribution in [3.63, 3.8) is 0 Å². The summed E-state index contributed by atoms with van der Waals surface area (Å²) in [6.45, 7) is 3.05. The number of nitrogens with zero attached hydrogens (tertiary/aromatic N) is 3. The average Bonchev–Trinajstić information content (AvgIpc) is 2.49. The summed E-state index contributed by atoms with van der Waals surface area (Å²) in [4.78, 5) is 22.0. The van der Waals surface area contributed by atoms with E-state index in [-0.39, 0.29) is 11.7 Å². The Morgan fingerprint density at radius 2 is 2.00 bits per heavy atom. The number of hydrogen-bond donors (Lipinski definition) is 0. The maximum atomic E-state index is 12.9. The summed E-state index contributed by atoms with van der Waals surface area (Å²) >= 11 is 0. The van der Waals surface area contributed by atoms with E-state index in [0.717, 1.165) is 12.0 Å². The minimum atomic E-state index is -0.281. The van der Waals surface area contributed by atoms with Crippen molar-refractivity contribution in [1.82, 2.24) is 14.9 Å². The highest BCUT2D eigenvalue weighted by atomic mass is 19.1. The molecule has 0 unspecified atom stereocenters. The molecule has 0 aliphatic carbocycles. The van der Waals surface area contributed by atoms with Crippen LogP contribution >= 0.6 is 0 Å². The van der Waals surface area contributed by atoms with E-state index in [1.54, 1.807) is 17.0 Å². The number of hydrogen-bond acceptors (Lipinski definition) is 3. The largest absolute Gasteiger partial charge is 0.333 e. The van der Waals surface area contributed by atoms with Gasteiger partial charge in [0.05, 0.1) is 6.20 Å². The van der Waals surface area contributed by atoms with Gasteiger partial charge in [-0.05, 0) is 24.1 Å².